The minimum Gasteiger partial charge on any atom is -0.590 e. The van der Waals surface area contributed by atoms with E-state index in [2.05, 4.69) is 117 Å². The van der Waals surface area contributed by atoms with Gasteiger partial charge in [0.1, 0.15) is 0 Å². The summed E-state index contributed by atoms with van der Waals surface area (Å²) in [4.78, 5) is 0. The predicted molar refractivity (Wildman–Crippen MR) is 122 cm³/mol. The molecule has 2 nitrogen and oxygen atoms in total. The van der Waals surface area contributed by atoms with Gasteiger partial charge in [0.2, 0.25) is 0 Å². The molecule has 1 aliphatic heterocycles. The topological polar surface area (TPSA) is 17.1 Å². The molecule has 1 unspecified atom stereocenters. The van der Waals surface area contributed by atoms with E-state index in [1.54, 1.807) is 0 Å². The standard InChI is InChI=1S/C27H31N2.Li/c1-27(2,3)24(20-19-21-13-7-4-8-14-21)28-29-25(22-15-9-5-10-16-22)26(29)23-17-11-6-12-18-23;/h4-18,24-26H,19-20H2,1-3H3;/q-1;+1/t24?,25-,26-;/m1./s1. The molecule has 1 heterocycles. The molecule has 0 radical (unpaired) electrons. The maximum atomic E-state index is 5.32. The van der Waals surface area contributed by atoms with E-state index < -0.39 is 0 Å². The number of nitrogens with zero attached hydrogens (tertiary/aromatic N) is 2. The van der Waals surface area contributed by atoms with Gasteiger partial charge in [-0.25, -0.2) is 0 Å². The summed E-state index contributed by atoms with van der Waals surface area (Å²) in [6, 6.07) is 33.3. The van der Waals surface area contributed by atoms with Crippen molar-refractivity contribution in [3.8, 4) is 0 Å². The van der Waals surface area contributed by atoms with E-state index in [1.165, 1.54) is 16.7 Å². The van der Waals surface area contributed by atoms with Gasteiger partial charge in [0.05, 0.1) is 0 Å². The van der Waals surface area contributed by atoms with Crippen LogP contribution in [0.5, 0.6) is 0 Å². The van der Waals surface area contributed by atoms with Crippen LogP contribution in [0.3, 0.4) is 0 Å². The Morgan fingerprint density at radius 1 is 0.733 bits per heavy atom. The van der Waals surface area contributed by atoms with Crippen LogP contribution in [0.15, 0.2) is 91.0 Å². The van der Waals surface area contributed by atoms with E-state index in [1.807, 2.05) is 0 Å². The van der Waals surface area contributed by atoms with Crippen LogP contribution in [-0.2, 0) is 6.42 Å². The molecule has 0 bridgehead atoms. The molecule has 3 aromatic carbocycles. The van der Waals surface area contributed by atoms with Crippen LogP contribution in [0.1, 0.15) is 56.0 Å². The predicted octanol–water partition coefficient (Wildman–Crippen LogP) is 4.12. The molecule has 4 rings (SSSR count). The van der Waals surface area contributed by atoms with E-state index in [4.69, 9.17) is 5.43 Å². The Morgan fingerprint density at radius 2 is 1.17 bits per heavy atom. The van der Waals surface area contributed by atoms with Crippen LogP contribution < -0.4 is 18.9 Å². The second-order valence-electron chi connectivity index (χ2n) is 9.11. The fraction of sp³-hybridized carbons (Fsp3) is 0.333. The minimum atomic E-state index is 0. The molecular weight excluding hydrogens is 359 g/mol. The van der Waals surface area contributed by atoms with Crippen LogP contribution >= 0.6 is 0 Å². The van der Waals surface area contributed by atoms with Gasteiger partial charge in [-0.15, -0.1) is 6.04 Å². The van der Waals surface area contributed by atoms with Crippen LogP contribution in [0.4, 0.5) is 0 Å². The zero-order valence-electron chi connectivity index (χ0n) is 18.7. The molecule has 0 N–H and O–H groups in total. The number of rotatable bonds is 7. The van der Waals surface area contributed by atoms with Gasteiger partial charge >= 0.3 is 18.9 Å². The van der Waals surface area contributed by atoms with Crippen molar-refractivity contribution >= 4 is 0 Å². The Bertz CT molecular complexity index is 845. The summed E-state index contributed by atoms with van der Waals surface area (Å²) < 4.78 is 0. The van der Waals surface area contributed by atoms with Gasteiger partial charge in [-0.1, -0.05) is 124 Å². The molecule has 3 aromatic rings. The van der Waals surface area contributed by atoms with Crippen LogP contribution in [0, 0.1) is 5.41 Å². The maximum Gasteiger partial charge on any atom is 1.00 e. The van der Waals surface area contributed by atoms with Crippen molar-refractivity contribution in [3.63, 3.8) is 0 Å². The van der Waals surface area contributed by atoms with Crippen LogP contribution in [-0.4, -0.2) is 11.1 Å². The maximum absolute atomic E-state index is 5.32. The fourth-order valence-corrected chi connectivity index (χ4v) is 4.11. The van der Waals surface area contributed by atoms with Gasteiger partial charge in [-0.3, -0.25) is 0 Å². The molecular formula is C27H31LiN2. The smallest absolute Gasteiger partial charge is 0.590 e. The van der Waals surface area contributed by atoms with E-state index in [0.717, 1.165) is 12.8 Å². The van der Waals surface area contributed by atoms with Gasteiger partial charge in [0, 0.05) is 12.1 Å². The summed E-state index contributed by atoms with van der Waals surface area (Å²) in [7, 11) is 0. The van der Waals surface area contributed by atoms with Crippen molar-refractivity contribution in [2.45, 2.75) is 51.7 Å². The summed E-state index contributed by atoms with van der Waals surface area (Å²) in [6.07, 6.45) is 2.12. The summed E-state index contributed by atoms with van der Waals surface area (Å²) in [5.41, 5.74) is 9.53. The Balaban J connectivity index is 0.00000256. The van der Waals surface area contributed by atoms with Crippen molar-refractivity contribution in [1.82, 2.24) is 5.01 Å². The van der Waals surface area contributed by atoms with E-state index in [-0.39, 0.29) is 30.3 Å². The summed E-state index contributed by atoms with van der Waals surface area (Å²) in [6.45, 7) is 6.93. The number of benzene rings is 3. The molecule has 1 aliphatic rings. The van der Waals surface area contributed by atoms with E-state index in [0.29, 0.717) is 12.1 Å². The van der Waals surface area contributed by atoms with Crippen molar-refractivity contribution < 1.29 is 18.9 Å². The van der Waals surface area contributed by atoms with Gasteiger partial charge in [-0.05, 0) is 23.1 Å². The van der Waals surface area contributed by atoms with Crippen molar-refractivity contribution in [2.75, 3.05) is 0 Å². The van der Waals surface area contributed by atoms with Crippen molar-refractivity contribution in [1.29, 1.82) is 0 Å². The fourth-order valence-electron chi connectivity index (χ4n) is 4.11. The monoisotopic (exact) mass is 390 g/mol. The first-order valence-electron chi connectivity index (χ1n) is 10.7. The van der Waals surface area contributed by atoms with Gasteiger partial charge in [-0.2, -0.15) is 0 Å². The molecule has 0 saturated carbocycles. The normalized spacial score (nSPS) is 21.5. The SMILES string of the molecule is CC(C)(C)C(CCc1ccccc1)[N-]N1[C@H](c2ccccc2)[C@H]1c1ccccc1.[Li+]. The third-order valence-electron chi connectivity index (χ3n) is 5.88. The largest absolute Gasteiger partial charge is 1.00 e. The third-order valence-corrected chi connectivity index (χ3v) is 5.88. The molecule has 0 aliphatic carbocycles. The number of aryl methyl sites for hydroxylation is 1. The Morgan fingerprint density at radius 3 is 1.60 bits per heavy atom. The first-order chi connectivity index (χ1) is 14.0. The molecule has 150 valence electrons. The quantitative estimate of drug-likeness (QED) is 0.438. The zero-order chi connectivity index (χ0) is 20.3. The second-order valence-corrected chi connectivity index (χ2v) is 9.11. The van der Waals surface area contributed by atoms with E-state index >= 15 is 0 Å². The Hall–Kier alpha value is -1.82. The molecule has 0 spiro atoms. The van der Waals surface area contributed by atoms with Crippen molar-refractivity contribution in [3.05, 3.63) is 113 Å². The summed E-state index contributed by atoms with van der Waals surface area (Å²) in [5, 5.41) is 2.34. The molecule has 0 aromatic heterocycles. The van der Waals surface area contributed by atoms with Gasteiger partial charge in [0.25, 0.3) is 0 Å². The van der Waals surface area contributed by atoms with Crippen molar-refractivity contribution in [2.24, 2.45) is 5.41 Å². The molecule has 3 atom stereocenters. The summed E-state index contributed by atoms with van der Waals surface area (Å²) in [5.74, 6) is 0. The molecule has 0 amide bonds. The average Bonchev–Trinajstić information content (AvgIpc) is 3.46. The van der Waals surface area contributed by atoms with Gasteiger partial charge < -0.3 is 10.4 Å². The molecule has 30 heavy (non-hydrogen) atoms. The Kier molecular flexibility index (Phi) is 7.61. The molecule has 3 heteroatoms. The number of hydrogen-bond acceptors (Lipinski definition) is 1. The first kappa shape index (κ1) is 22.9. The van der Waals surface area contributed by atoms with E-state index in [9.17, 15) is 0 Å². The van der Waals surface area contributed by atoms with Gasteiger partial charge in [0.15, 0.2) is 0 Å². The average molecular weight is 391 g/mol. The Labute approximate surface area is 193 Å². The van der Waals surface area contributed by atoms with Crippen LogP contribution in [0.2, 0.25) is 0 Å². The second kappa shape index (κ2) is 9.99. The van der Waals surface area contributed by atoms with Crippen LogP contribution in [0.25, 0.3) is 5.43 Å². The minimum absolute atomic E-state index is 0. The zero-order valence-corrected chi connectivity index (χ0v) is 18.7. The number of hydrogen-bond donors (Lipinski definition) is 0. The molecule has 1 saturated heterocycles. The third kappa shape index (κ3) is 5.45. The molecule has 1 fully saturated rings. The summed E-state index contributed by atoms with van der Waals surface area (Å²) >= 11 is 0. The first-order valence-corrected chi connectivity index (χ1v) is 10.7.